The number of nitrogens with zero attached hydrogens (tertiary/aromatic N) is 2. The van der Waals surface area contributed by atoms with E-state index in [0.717, 1.165) is 5.52 Å². The number of rotatable bonds is 2. The van der Waals surface area contributed by atoms with Gasteiger partial charge in [0.05, 0.1) is 12.6 Å². The quantitative estimate of drug-likeness (QED) is 0.803. The average Bonchev–Trinajstić information content (AvgIpc) is 2.56. The summed E-state index contributed by atoms with van der Waals surface area (Å²) in [5, 5.41) is 13.5. The third kappa shape index (κ3) is 1.41. The van der Waals surface area contributed by atoms with E-state index >= 15 is 0 Å². The maximum absolute atomic E-state index is 10.9. The number of fused-ring (bicyclic) bond motifs is 1. The van der Waals surface area contributed by atoms with E-state index in [4.69, 9.17) is 9.84 Å². The van der Waals surface area contributed by atoms with Crippen molar-refractivity contribution in [3.05, 3.63) is 23.9 Å². The number of hydrogen-bond acceptors (Lipinski definition) is 3. The Hall–Kier alpha value is -2.04. The van der Waals surface area contributed by atoms with E-state index < -0.39 is 5.97 Å². The monoisotopic (exact) mass is 206 g/mol. The molecular weight excluding hydrogens is 196 g/mol. The van der Waals surface area contributed by atoms with Crippen LogP contribution >= 0.6 is 0 Å². The van der Waals surface area contributed by atoms with Gasteiger partial charge >= 0.3 is 5.97 Å². The largest absolute Gasteiger partial charge is 0.497 e. The normalized spacial score (nSPS) is 10.5. The van der Waals surface area contributed by atoms with Crippen LogP contribution < -0.4 is 4.74 Å². The number of carbonyl (C=O) groups is 1. The first-order chi connectivity index (χ1) is 7.13. The number of carboxylic acid groups (broad SMARTS) is 1. The van der Waals surface area contributed by atoms with Gasteiger partial charge in [-0.15, -0.1) is 0 Å². The summed E-state index contributed by atoms with van der Waals surface area (Å²) in [6, 6.07) is 5.23. The molecule has 78 valence electrons. The molecule has 0 radical (unpaired) electrons. The maximum atomic E-state index is 10.9. The molecule has 0 unspecified atom stereocenters. The van der Waals surface area contributed by atoms with Crippen LogP contribution in [0.3, 0.4) is 0 Å². The molecule has 1 heterocycles. The second-order valence-corrected chi connectivity index (χ2v) is 3.16. The summed E-state index contributed by atoms with van der Waals surface area (Å²) in [6.45, 7) is 0. The predicted octanol–water partition coefficient (Wildman–Crippen LogP) is 1.28. The third-order valence-corrected chi connectivity index (χ3v) is 2.26. The Bertz CT molecular complexity index is 531. The van der Waals surface area contributed by atoms with Crippen LogP contribution in [0.4, 0.5) is 0 Å². The Morgan fingerprint density at radius 2 is 2.27 bits per heavy atom. The number of methoxy groups -OCH3 is 1. The Morgan fingerprint density at radius 3 is 2.87 bits per heavy atom. The van der Waals surface area contributed by atoms with E-state index in [0.29, 0.717) is 11.1 Å². The van der Waals surface area contributed by atoms with E-state index in [-0.39, 0.29) is 5.69 Å². The zero-order chi connectivity index (χ0) is 11.0. The highest BCUT2D eigenvalue weighted by Crippen LogP contribution is 2.23. The molecule has 0 aliphatic heterocycles. The van der Waals surface area contributed by atoms with Gasteiger partial charge in [-0.1, -0.05) is 0 Å². The molecule has 0 aliphatic rings. The Balaban J connectivity index is 2.77. The molecule has 0 bridgehead atoms. The predicted molar refractivity (Wildman–Crippen MR) is 54.2 cm³/mol. The minimum Gasteiger partial charge on any atom is -0.497 e. The summed E-state index contributed by atoms with van der Waals surface area (Å²) in [7, 11) is 3.25. The zero-order valence-electron chi connectivity index (χ0n) is 8.39. The fraction of sp³-hybridized carbons (Fsp3) is 0.200. The first-order valence-corrected chi connectivity index (χ1v) is 4.37. The summed E-state index contributed by atoms with van der Waals surface area (Å²) < 4.78 is 6.58. The van der Waals surface area contributed by atoms with Gasteiger partial charge in [0, 0.05) is 12.4 Å². The van der Waals surface area contributed by atoms with Gasteiger partial charge in [-0.2, -0.15) is 5.10 Å². The van der Waals surface area contributed by atoms with Crippen LogP contribution in [0, 0.1) is 0 Å². The van der Waals surface area contributed by atoms with Crippen molar-refractivity contribution >= 4 is 16.9 Å². The highest BCUT2D eigenvalue weighted by Gasteiger charge is 2.15. The minimum atomic E-state index is -1.03. The second kappa shape index (κ2) is 3.27. The lowest BCUT2D eigenvalue weighted by Gasteiger charge is -1.99. The van der Waals surface area contributed by atoms with E-state index in [1.165, 1.54) is 11.8 Å². The second-order valence-electron chi connectivity index (χ2n) is 3.16. The van der Waals surface area contributed by atoms with Crippen molar-refractivity contribution in [2.75, 3.05) is 7.11 Å². The first kappa shape index (κ1) is 9.51. The molecule has 0 saturated carbocycles. The number of benzene rings is 1. The number of aromatic nitrogens is 2. The molecule has 0 fully saturated rings. The van der Waals surface area contributed by atoms with Gasteiger partial charge in [-0.25, -0.2) is 4.79 Å². The summed E-state index contributed by atoms with van der Waals surface area (Å²) in [6.07, 6.45) is 0. The fourth-order valence-electron chi connectivity index (χ4n) is 1.53. The van der Waals surface area contributed by atoms with E-state index in [1.807, 2.05) is 0 Å². The lowest BCUT2D eigenvalue weighted by atomic mass is 10.2. The molecule has 5 nitrogen and oxygen atoms in total. The van der Waals surface area contributed by atoms with Crippen LogP contribution in [0.25, 0.3) is 10.9 Å². The topological polar surface area (TPSA) is 64.3 Å². The smallest absolute Gasteiger partial charge is 0.357 e. The first-order valence-electron chi connectivity index (χ1n) is 4.37. The Labute approximate surface area is 85.9 Å². The van der Waals surface area contributed by atoms with Crippen molar-refractivity contribution in [1.82, 2.24) is 9.78 Å². The molecule has 5 heteroatoms. The molecule has 0 saturated heterocycles. The van der Waals surface area contributed by atoms with Crippen molar-refractivity contribution in [1.29, 1.82) is 0 Å². The number of hydrogen-bond donors (Lipinski definition) is 1. The fourth-order valence-corrected chi connectivity index (χ4v) is 1.53. The molecule has 0 atom stereocenters. The molecule has 15 heavy (non-hydrogen) atoms. The van der Waals surface area contributed by atoms with Crippen LogP contribution in [0.5, 0.6) is 5.75 Å². The van der Waals surface area contributed by atoms with Gasteiger partial charge in [-0.05, 0) is 18.2 Å². The lowest BCUT2D eigenvalue weighted by molar-refractivity contribution is 0.0691. The summed E-state index contributed by atoms with van der Waals surface area (Å²) >= 11 is 0. The van der Waals surface area contributed by atoms with Gasteiger partial charge in [0.2, 0.25) is 0 Å². The molecular formula is C10H10N2O3. The molecule has 0 spiro atoms. The van der Waals surface area contributed by atoms with E-state index in [2.05, 4.69) is 5.10 Å². The molecule has 1 aromatic carbocycles. The molecule has 1 N–H and O–H groups in total. The molecule has 2 rings (SSSR count). The summed E-state index contributed by atoms with van der Waals surface area (Å²) in [5.41, 5.74) is 0.819. The summed E-state index contributed by atoms with van der Waals surface area (Å²) in [5.74, 6) is -0.410. The van der Waals surface area contributed by atoms with Gasteiger partial charge in [0.1, 0.15) is 5.75 Å². The van der Waals surface area contributed by atoms with Crippen LogP contribution in [-0.4, -0.2) is 28.0 Å². The molecule has 2 aromatic rings. The van der Waals surface area contributed by atoms with Crippen LogP contribution in [-0.2, 0) is 7.05 Å². The van der Waals surface area contributed by atoms with Crippen molar-refractivity contribution in [2.24, 2.45) is 7.05 Å². The van der Waals surface area contributed by atoms with Crippen molar-refractivity contribution < 1.29 is 14.6 Å². The molecule has 1 aromatic heterocycles. The SMILES string of the molecule is COc1ccc2c(c1)c(C(=O)O)nn2C. The number of carboxylic acids is 1. The van der Waals surface area contributed by atoms with Gasteiger partial charge in [-0.3, -0.25) is 4.68 Å². The number of aryl methyl sites for hydroxylation is 1. The summed E-state index contributed by atoms with van der Waals surface area (Å²) in [4.78, 5) is 10.9. The van der Waals surface area contributed by atoms with Crippen molar-refractivity contribution in [3.8, 4) is 5.75 Å². The van der Waals surface area contributed by atoms with Crippen molar-refractivity contribution in [3.63, 3.8) is 0 Å². The van der Waals surface area contributed by atoms with E-state index in [1.54, 1.807) is 25.2 Å². The van der Waals surface area contributed by atoms with Gasteiger partial charge in [0.15, 0.2) is 5.69 Å². The maximum Gasteiger partial charge on any atom is 0.357 e. The molecule has 0 amide bonds. The van der Waals surface area contributed by atoms with Gasteiger partial charge in [0.25, 0.3) is 0 Å². The van der Waals surface area contributed by atoms with Gasteiger partial charge < -0.3 is 9.84 Å². The highest BCUT2D eigenvalue weighted by atomic mass is 16.5. The average molecular weight is 206 g/mol. The van der Waals surface area contributed by atoms with Crippen LogP contribution in [0.15, 0.2) is 18.2 Å². The van der Waals surface area contributed by atoms with Crippen LogP contribution in [0.1, 0.15) is 10.5 Å². The lowest BCUT2D eigenvalue weighted by Crippen LogP contribution is -1.99. The Morgan fingerprint density at radius 1 is 1.53 bits per heavy atom. The molecule has 0 aliphatic carbocycles. The Kier molecular flexibility index (Phi) is 2.07. The van der Waals surface area contributed by atoms with E-state index in [9.17, 15) is 4.79 Å². The third-order valence-electron chi connectivity index (χ3n) is 2.26. The highest BCUT2D eigenvalue weighted by molar-refractivity contribution is 6.01. The number of ether oxygens (including phenoxy) is 1. The van der Waals surface area contributed by atoms with Crippen LogP contribution in [0.2, 0.25) is 0 Å². The standard InChI is InChI=1S/C10H10N2O3/c1-12-8-4-3-6(15-2)5-7(8)9(11-12)10(13)14/h3-5H,1-2H3,(H,13,14). The minimum absolute atomic E-state index is 0.0476. The van der Waals surface area contributed by atoms with Crippen molar-refractivity contribution in [2.45, 2.75) is 0 Å². The zero-order valence-corrected chi connectivity index (χ0v) is 8.39. The number of aromatic carboxylic acids is 1.